The highest BCUT2D eigenvalue weighted by atomic mass is 32.2. The van der Waals surface area contributed by atoms with Crippen LogP contribution in [0.1, 0.15) is 34.6 Å². The SMILES string of the molecule is CC(NC(=O)c1oc2ccccc2c1CS(C)(=O)=O)c1ccc2c(c1)OCCO2. The Hall–Kier alpha value is -3.00. The molecular formula is C21H21NO6S. The van der Waals surface area contributed by atoms with Gasteiger partial charge in [0.2, 0.25) is 0 Å². The van der Waals surface area contributed by atoms with Gasteiger partial charge < -0.3 is 19.2 Å². The molecule has 3 aromatic rings. The van der Waals surface area contributed by atoms with Crippen LogP contribution in [0.3, 0.4) is 0 Å². The molecule has 1 aromatic heterocycles. The van der Waals surface area contributed by atoms with Crippen molar-refractivity contribution < 1.29 is 27.1 Å². The Balaban J connectivity index is 1.63. The molecule has 7 nitrogen and oxygen atoms in total. The Kier molecular flexibility index (Phi) is 4.96. The summed E-state index contributed by atoms with van der Waals surface area (Å²) in [7, 11) is -3.36. The number of carbonyl (C=O) groups is 1. The number of hydrogen-bond donors (Lipinski definition) is 1. The molecule has 2 heterocycles. The zero-order valence-electron chi connectivity index (χ0n) is 16.1. The van der Waals surface area contributed by atoms with Crippen LogP contribution >= 0.6 is 0 Å². The van der Waals surface area contributed by atoms with E-state index in [1.54, 1.807) is 24.3 Å². The quantitative estimate of drug-likeness (QED) is 0.687. The molecule has 152 valence electrons. The normalized spacial score (nSPS) is 14.6. The fourth-order valence-electron chi connectivity index (χ4n) is 3.36. The van der Waals surface area contributed by atoms with E-state index in [0.717, 1.165) is 11.8 Å². The monoisotopic (exact) mass is 415 g/mol. The molecule has 0 saturated heterocycles. The first kappa shape index (κ1) is 19.3. The number of nitrogens with one attached hydrogen (secondary N) is 1. The molecule has 1 amide bonds. The number of amides is 1. The lowest BCUT2D eigenvalue weighted by Crippen LogP contribution is -2.27. The van der Waals surface area contributed by atoms with Gasteiger partial charge in [0, 0.05) is 17.2 Å². The third-order valence-corrected chi connectivity index (χ3v) is 5.54. The van der Waals surface area contributed by atoms with Gasteiger partial charge in [0.05, 0.1) is 11.8 Å². The fraction of sp³-hybridized carbons (Fsp3) is 0.286. The van der Waals surface area contributed by atoms with Crippen LogP contribution in [0.2, 0.25) is 0 Å². The molecule has 0 spiro atoms. The number of para-hydroxylation sites is 1. The summed E-state index contributed by atoms with van der Waals surface area (Å²) < 4.78 is 40.6. The maximum Gasteiger partial charge on any atom is 0.287 e. The van der Waals surface area contributed by atoms with E-state index in [1.807, 2.05) is 25.1 Å². The molecule has 4 rings (SSSR count). The van der Waals surface area contributed by atoms with Crippen LogP contribution in [0.15, 0.2) is 46.9 Å². The summed E-state index contributed by atoms with van der Waals surface area (Å²) in [6.45, 7) is 2.82. The van der Waals surface area contributed by atoms with Crippen molar-refractivity contribution in [3.63, 3.8) is 0 Å². The van der Waals surface area contributed by atoms with E-state index in [1.165, 1.54) is 0 Å². The van der Waals surface area contributed by atoms with Crippen LogP contribution in [-0.4, -0.2) is 33.8 Å². The molecule has 2 aromatic carbocycles. The van der Waals surface area contributed by atoms with Crippen LogP contribution < -0.4 is 14.8 Å². The van der Waals surface area contributed by atoms with E-state index < -0.39 is 15.7 Å². The average molecular weight is 415 g/mol. The van der Waals surface area contributed by atoms with Gasteiger partial charge in [-0.25, -0.2) is 8.42 Å². The van der Waals surface area contributed by atoms with Gasteiger partial charge in [0.1, 0.15) is 18.8 Å². The van der Waals surface area contributed by atoms with E-state index in [4.69, 9.17) is 13.9 Å². The molecule has 1 atom stereocenters. The highest BCUT2D eigenvalue weighted by Gasteiger charge is 2.25. The molecular weight excluding hydrogens is 394 g/mol. The third-order valence-electron chi connectivity index (χ3n) is 4.72. The number of sulfone groups is 1. The van der Waals surface area contributed by atoms with Gasteiger partial charge in [-0.2, -0.15) is 0 Å². The van der Waals surface area contributed by atoms with Gasteiger partial charge in [-0.3, -0.25) is 4.79 Å². The molecule has 1 aliphatic heterocycles. The average Bonchev–Trinajstić information content (AvgIpc) is 3.04. The molecule has 8 heteroatoms. The predicted molar refractivity (Wildman–Crippen MR) is 108 cm³/mol. The van der Waals surface area contributed by atoms with Crippen LogP contribution in [0.5, 0.6) is 11.5 Å². The first-order chi connectivity index (χ1) is 13.8. The topological polar surface area (TPSA) is 94.8 Å². The standard InChI is InChI=1S/C21H21NO6S/c1-13(14-7-8-18-19(11-14)27-10-9-26-18)22-21(23)20-16(12-29(2,24)25)15-5-3-4-6-17(15)28-20/h3-8,11,13H,9-10,12H2,1-2H3,(H,22,23). The number of hydrogen-bond acceptors (Lipinski definition) is 6. The number of fused-ring (bicyclic) bond motifs is 2. The summed E-state index contributed by atoms with van der Waals surface area (Å²) in [5.74, 6) is 0.580. The van der Waals surface area contributed by atoms with Gasteiger partial charge in [-0.15, -0.1) is 0 Å². The lowest BCUT2D eigenvalue weighted by atomic mass is 10.1. The number of ether oxygens (including phenoxy) is 2. The molecule has 0 aliphatic carbocycles. The molecule has 1 aliphatic rings. The summed E-state index contributed by atoms with van der Waals surface area (Å²) in [6, 6.07) is 12.2. The molecule has 0 saturated carbocycles. The number of furan rings is 1. The minimum absolute atomic E-state index is 0.0148. The van der Waals surface area contributed by atoms with Crippen molar-refractivity contribution in [3.8, 4) is 11.5 Å². The maximum atomic E-state index is 12.9. The first-order valence-electron chi connectivity index (χ1n) is 9.20. The van der Waals surface area contributed by atoms with Gasteiger partial charge in [-0.1, -0.05) is 24.3 Å². The lowest BCUT2D eigenvalue weighted by Gasteiger charge is -2.21. The maximum absolute atomic E-state index is 12.9. The van der Waals surface area contributed by atoms with Gasteiger partial charge in [0.25, 0.3) is 5.91 Å². The van der Waals surface area contributed by atoms with E-state index >= 15 is 0 Å². The number of rotatable bonds is 5. The van der Waals surface area contributed by atoms with Gasteiger partial charge in [-0.05, 0) is 30.7 Å². The number of benzene rings is 2. The molecule has 1 unspecified atom stereocenters. The van der Waals surface area contributed by atoms with E-state index in [-0.39, 0.29) is 17.6 Å². The van der Waals surface area contributed by atoms with Crippen LogP contribution in [0.25, 0.3) is 11.0 Å². The summed E-state index contributed by atoms with van der Waals surface area (Å²) in [5.41, 5.74) is 1.68. The highest BCUT2D eigenvalue weighted by molar-refractivity contribution is 7.89. The van der Waals surface area contributed by atoms with E-state index in [0.29, 0.717) is 41.2 Å². The Labute approximate surface area is 168 Å². The van der Waals surface area contributed by atoms with Crippen molar-refractivity contribution in [2.24, 2.45) is 0 Å². The summed E-state index contributed by atoms with van der Waals surface area (Å²) >= 11 is 0. The molecule has 1 N–H and O–H groups in total. The third kappa shape index (κ3) is 4.07. The lowest BCUT2D eigenvalue weighted by molar-refractivity contribution is 0.0913. The second-order valence-electron chi connectivity index (χ2n) is 7.07. The van der Waals surface area contributed by atoms with Crippen molar-refractivity contribution in [3.05, 3.63) is 59.4 Å². The van der Waals surface area contributed by atoms with Gasteiger partial charge >= 0.3 is 0 Å². The van der Waals surface area contributed by atoms with E-state index in [9.17, 15) is 13.2 Å². The van der Waals surface area contributed by atoms with Crippen molar-refractivity contribution >= 4 is 26.7 Å². The Morgan fingerprint density at radius 1 is 1.10 bits per heavy atom. The number of carbonyl (C=O) groups excluding carboxylic acids is 1. The van der Waals surface area contributed by atoms with E-state index in [2.05, 4.69) is 5.32 Å². The van der Waals surface area contributed by atoms with Crippen molar-refractivity contribution in [2.75, 3.05) is 19.5 Å². The van der Waals surface area contributed by atoms with Crippen LogP contribution in [0, 0.1) is 0 Å². The van der Waals surface area contributed by atoms with Crippen LogP contribution in [-0.2, 0) is 15.6 Å². The predicted octanol–water partition coefficient (Wildman–Crippen LogP) is 3.24. The largest absolute Gasteiger partial charge is 0.486 e. The smallest absolute Gasteiger partial charge is 0.287 e. The zero-order valence-corrected chi connectivity index (χ0v) is 16.9. The second kappa shape index (κ2) is 7.44. The summed E-state index contributed by atoms with van der Waals surface area (Å²) in [5, 5.41) is 3.50. The van der Waals surface area contributed by atoms with Crippen LogP contribution in [0.4, 0.5) is 0 Å². The first-order valence-corrected chi connectivity index (χ1v) is 11.3. The van der Waals surface area contributed by atoms with Crippen molar-refractivity contribution in [1.29, 1.82) is 0 Å². The molecule has 0 fully saturated rings. The summed E-state index contributed by atoms with van der Waals surface area (Å²) in [4.78, 5) is 12.9. The Bertz CT molecular complexity index is 1180. The summed E-state index contributed by atoms with van der Waals surface area (Å²) in [6.07, 6.45) is 1.13. The second-order valence-corrected chi connectivity index (χ2v) is 9.21. The van der Waals surface area contributed by atoms with Gasteiger partial charge in [0.15, 0.2) is 27.1 Å². The van der Waals surface area contributed by atoms with Crippen molar-refractivity contribution in [1.82, 2.24) is 5.32 Å². The zero-order chi connectivity index (χ0) is 20.6. The molecule has 0 radical (unpaired) electrons. The highest BCUT2D eigenvalue weighted by Crippen LogP contribution is 2.33. The molecule has 0 bridgehead atoms. The fourth-order valence-corrected chi connectivity index (χ4v) is 4.17. The minimum atomic E-state index is -3.36. The van der Waals surface area contributed by atoms with Crippen molar-refractivity contribution in [2.45, 2.75) is 18.7 Å². The minimum Gasteiger partial charge on any atom is -0.486 e. The Morgan fingerprint density at radius 3 is 2.59 bits per heavy atom. The Morgan fingerprint density at radius 2 is 1.83 bits per heavy atom. The molecule has 29 heavy (non-hydrogen) atoms.